The second-order valence-electron chi connectivity index (χ2n) is 4.70. The van der Waals surface area contributed by atoms with Gasteiger partial charge in [0.05, 0.1) is 6.61 Å². The number of nitrogens with zero attached hydrogens (tertiary/aromatic N) is 2. The molecule has 1 aliphatic heterocycles. The van der Waals surface area contributed by atoms with Gasteiger partial charge < -0.3 is 9.84 Å². The summed E-state index contributed by atoms with van der Waals surface area (Å²) < 4.78 is 5.16. The van der Waals surface area contributed by atoms with Crippen molar-refractivity contribution in [2.24, 2.45) is 5.92 Å². The van der Waals surface area contributed by atoms with Crippen molar-refractivity contribution in [3.8, 4) is 0 Å². The molecule has 1 unspecified atom stereocenters. The first-order valence-electron chi connectivity index (χ1n) is 6.08. The molecule has 1 atom stereocenters. The number of carboxylic acid groups (broad SMARTS) is 1. The Kier molecular flexibility index (Phi) is 4.28. The van der Waals surface area contributed by atoms with E-state index in [1.54, 1.807) is 19.4 Å². The Morgan fingerprint density at radius 3 is 3.22 bits per heavy atom. The zero-order chi connectivity index (χ0) is 13.0. The molecule has 5 heteroatoms. The second-order valence-corrected chi connectivity index (χ2v) is 4.70. The Morgan fingerprint density at radius 1 is 1.67 bits per heavy atom. The summed E-state index contributed by atoms with van der Waals surface area (Å²) in [4.78, 5) is 17.0. The van der Waals surface area contributed by atoms with E-state index in [1.807, 2.05) is 6.07 Å². The number of aromatic carboxylic acids is 1. The molecule has 0 amide bonds. The van der Waals surface area contributed by atoms with Gasteiger partial charge in [0, 0.05) is 26.4 Å². The number of hydrogen-bond acceptors (Lipinski definition) is 4. The van der Waals surface area contributed by atoms with Gasteiger partial charge in [-0.3, -0.25) is 4.90 Å². The quantitative estimate of drug-likeness (QED) is 0.852. The van der Waals surface area contributed by atoms with Gasteiger partial charge in [-0.1, -0.05) is 0 Å². The molecule has 1 aromatic heterocycles. The van der Waals surface area contributed by atoms with E-state index in [2.05, 4.69) is 9.88 Å². The molecule has 0 spiro atoms. The number of carboxylic acids is 1. The molecule has 1 saturated heterocycles. The highest BCUT2D eigenvalue weighted by Crippen LogP contribution is 2.18. The first kappa shape index (κ1) is 13.0. The van der Waals surface area contributed by atoms with E-state index in [-0.39, 0.29) is 5.69 Å². The molecule has 18 heavy (non-hydrogen) atoms. The molecule has 1 aromatic rings. The number of rotatable bonds is 5. The van der Waals surface area contributed by atoms with E-state index in [1.165, 1.54) is 0 Å². The highest BCUT2D eigenvalue weighted by atomic mass is 16.5. The number of likely N-dealkylation sites (tertiary alicyclic amines) is 1. The van der Waals surface area contributed by atoms with Crippen LogP contribution in [0, 0.1) is 5.92 Å². The normalized spacial score (nSPS) is 20.2. The maximum Gasteiger partial charge on any atom is 0.354 e. The average Bonchev–Trinajstić information content (AvgIpc) is 2.77. The van der Waals surface area contributed by atoms with Crippen LogP contribution in [0.5, 0.6) is 0 Å². The van der Waals surface area contributed by atoms with Gasteiger partial charge in [0.25, 0.3) is 0 Å². The number of carbonyl (C=O) groups is 1. The molecular formula is C13H18N2O3. The zero-order valence-electron chi connectivity index (χ0n) is 10.5. The van der Waals surface area contributed by atoms with Crippen molar-refractivity contribution in [2.75, 3.05) is 26.8 Å². The minimum Gasteiger partial charge on any atom is -0.477 e. The van der Waals surface area contributed by atoms with Crippen LogP contribution in [-0.2, 0) is 11.3 Å². The average molecular weight is 250 g/mol. The highest BCUT2D eigenvalue weighted by Gasteiger charge is 2.22. The van der Waals surface area contributed by atoms with E-state index in [0.29, 0.717) is 5.92 Å². The molecule has 0 bridgehead atoms. The topological polar surface area (TPSA) is 62.7 Å². The fraction of sp³-hybridized carbons (Fsp3) is 0.538. The van der Waals surface area contributed by atoms with Crippen molar-refractivity contribution < 1.29 is 14.6 Å². The van der Waals surface area contributed by atoms with Crippen molar-refractivity contribution in [1.82, 2.24) is 9.88 Å². The number of pyridine rings is 1. The number of aromatic nitrogens is 1. The summed E-state index contributed by atoms with van der Waals surface area (Å²) in [5, 5.41) is 8.89. The van der Waals surface area contributed by atoms with Gasteiger partial charge in [-0.05, 0) is 36.6 Å². The molecule has 98 valence electrons. The van der Waals surface area contributed by atoms with Crippen molar-refractivity contribution in [3.05, 3.63) is 29.6 Å². The largest absolute Gasteiger partial charge is 0.477 e. The van der Waals surface area contributed by atoms with Gasteiger partial charge in [0.1, 0.15) is 5.69 Å². The first-order valence-corrected chi connectivity index (χ1v) is 6.08. The van der Waals surface area contributed by atoms with Crippen LogP contribution in [-0.4, -0.2) is 47.8 Å². The van der Waals surface area contributed by atoms with Crippen LogP contribution in [0.2, 0.25) is 0 Å². The van der Waals surface area contributed by atoms with Gasteiger partial charge in [-0.15, -0.1) is 0 Å². The second kappa shape index (κ2) is 5.93. The summed E-state index contributed by atoms with van der Waals surface area (Å²) in [6.07, 6.45) is 2.70. The van der Waals surface area contributed by atoms with E-state index < -0.39 is 5.97 Å². The Bertz CT molecular complexity index is 422. The van der Waals surface area contributed by atoms with Gasteiger partial charge in [0.2, 0.25) is 0 Å². The van der Waals surface area contributed by atoms with Crippen LogP contribution in [0.3, 0.4) is 0 Å². The number of ether oxygens (including phenoxy) is 1. The Balaban J connectivity index is 1.94. The van der Waals surface area contributed by atoms with Crippen molar-refractivity contribution in [1.29, 1.82) is 0 Å². The monoisotopic (exact) mass is 250 g/mol. The minimum absolute atomic E-state index is 0.111. The maximum absolute atomic E-state index is 10.8. The molecule has 0 aromatic carbocycles. The third kappa shape index (κ3) is 3.27. The van der Waals surface area contributed by atoms with E-state index in [0.717, 1.165) is 38.2 Å². The lowest BCUT2D eigenvalue weighted by molar-refractivity contribution is 0.0690. The van der Waals surface area contributed by atoms with Gasteiger partial charge in [0.15, 0.2) is 0 Å². The maximum atomic E-state index is 10.8. The van der Waals surface area contributed by atoms with Crippen LogP contribution in [0.15, 0.2) is 18.3 Å². The van der Waals surface area contributed by atoms with Gasteiger partial charge >= 0.3 is 5.97 Å². The molecule has 2 heterocycles. The predicted molar refractivity (Wildman–Crippen MR) is 66.5 cm³/mol. The molecule has 0 aliphatic carbocycles. The third-order valence-electron chi connectivity index (χ3n) is 3.22. The van der Waals surface area contributed by atoms with Crippen LogP contribution >= 0.6 is 0 Å². The lowest BCUT2D eigenvalue weighted by atomic mass is 10.1. The molecule has 2 rings (SSSR count). The first-order chi connectivity index (χ1) is 8.69. The Labute approximate surface area is 106 Å². The van der Waals surface area contributed by atoms with E-state index >= 15 is 0 Å². The molecule has 5 nitrogen and oxygen atoms in total. The lowest BCUT2D eigenvalue weighted by Gasteiger charge is -2.16. The molecule has 1 aliphatic rings. The summed E-state index contributed by atoms with van der Waals surface area (Å²) in [5.41, 5.74) is 1.11. The summed E-state index contributed by atoms with van der Waals surface area (Å²) in [6, 6.07) is 3.52. The number of methoxy groups -OCH3 is 1. The van der Waals surface area contributed by atoms with Gasteiger partial charge in [-0.2, -0.15) is 0 Å². The lowest BCUT2D eigenvalue weighted by Crippen LogP contribution is -2.21. The van der Waals surface area contributed by atoms with E-state index in [4.69, 9.17) is 9.84 Å². The molecule has 0 radical (unpaired) electrons. The summed E-state index contributed by atoms with van der Waals surface area (Å²) in [6.45, 7) is 3.63. The minimum atomic E-state index is -0.976. The highest BCUT2D eigenvalue weighted by molar-refractivity contribution is 5.85. The van der Waals surface area contributed by atoms with Crippen molar-refractivity contribution in [3.63, 3.8) is 0 Å². The van der Waals surface area contributed by atoms with Crippen molar-refractivity contribution >= 4 is 5.97 Å². The standard InChI is InChI=1S/C13H18N2O3/c1-18-9-11-3-5-15(8-11)7-10-2-4-14-12(6-10)13(16)17/h2,4,6,11H,3,5,7-9H2,1H3,(H,16,17). The fourth-order valence-electron chi connectivity index (χ4n) is 2.38. The zero-order valence-corrected chi connectivity index (χ0v) is 10.5. The Hall–Kier alpha value is -1.46. The summed E-state index contributed by atoms with van der Waals surface area (Å²) in [5.74, 6) is -0.383. The van der Waals surface area contributed by atoms with Gasteiger partial charge in [-0.25, -0.2) is 9.78 Å². The third-order valence-corrected chi connectivity index (χ3v) is 3.22. The molecule has 0 saturated carbocycles. The summed E-state index contributed by atoms with van der Waals surface area (Å²) >= 11 is 0. The molecular weight excluding hydrogens is 232 g/mol. The van der Waals surface area contributed by atoms with Crippen LogP contribution in [0.4, 0.5) is 0 Å². The SMILES string of the molecule is COCC1CCN(Cc2ccnc(C(=O)O)c2)C1. The molecule has 1 N–H and O–H groups in total. The molecule has 1 fully saturated rings. The smallest absolute Gasteiger partial charge is 0.354 e. The van der Waals surface area contributed by atoms with Crippen LogP contribution in [0.1, 0.15) is 22.5 Å². The van der Waals surface area contributed by atoms with E-state index in [9.17, 15) is 4.79 Å². The summed E-state index contributed by atoms with van der Waals surface area (Å²) in [7, 11) is 1.73. The van der Waals surface area contributed by atoms with Crippen LogP contribution in [0.25, 0.3) is 0 Å². The number of hydrogen-bond donors (Lipinski definition) is 1. The van der Waals surface area contributed by atoms with Crippen LogP contribution < -0.4 is 0 Å². The predicted octanol–water partition coefficient (Wildman–Crippen LogP) is 1.25. The fourth-order valence-corrected chi connectivity index (χ4v) is 2.38. The Morgan fingerprint density at radius 2 is 2.50 bits per heavy atom. The van der Waals surface area contributed by atoms with Crippen molar-refractivity contribution in [2.45, 2.75) is 13.0 Å².